The van der Waals surface area contributed by atoms with Gasteiger partial charge in [-0.2, -0.15) is 0 Å². The number of rotatable bonds is 6. The van der Waals surface area contributed by atoms with Crippen LogP contribution in [0.2, 0.25) is 0 Å². The average Bonchev–Trinajstić information content (AvgIpc) is 2.61. The van der Waals surface area contributed by atoms with Crippen molar-refractivity contribution in [3.05, 3.63) is 30.5 Å². The molecular weight excluding hydrogens is 314 g/mol. The van der Waals surface area contributed by atoms with E-state index >= 15 is 0 Å². The van der Waals surface area contributed by atoms with E-state index in [1.165, 1.54) is 12.8 Å². The summed E-state index contributed by atoms with van der Waals surface area (Å²) in [4.78, 5) is 6.86. The molecule has 25 heavy (non-hydrogen) atoms. The van der Waals surface area contributed by atoms with Gasteiger partial charge in [-0.25, -0.2) is 0 Å². The van der Waals surface area contributed by atoms with Crippen LogP contribution >= 0.6 is 0 Å². The predicted molar refractivity (Wildman–Crippen MR) is 102 cm³/mol. The van der Waals surface area contributed by atoms with Crippen molar-refractivity contribution in [2.24, 2.45) is 5.92 Å². The molecule has 1 aromatic heterocycles. The Morgan fingerprint density at radius 3 is 3.00 bits per heavy atom. The summed E-state index contributed by atoms with van der Waals surface area (Å²) in [5.41, 5.74) is 1.80. The molecule has 0 radical (unpaired) electrons. The van der Waals surface area contributed by atoms with Gasteiger partial charge in [-0.15, -0.1) is 0 Å². The highest BCUT2D eigenvalue weighted by Gasteiger charge is 2.24. The van der Waals surface area contributed by atoms with Gasteiger partial charge < -0.3 is 15.2 Å². The molecule has 2 heterocycles. The van der Waals surface area contributed by atoms with Crippen molar-refractivity contribution < 1.29 is 9.84 Å². The normalized spacial score (nSPS) is 22.7. The van der Waals surface area contributed by atoms with Crippen LogP contribution in [0, 0.1) is 5.92 Å². The summed E-state index contributed by atoms with van der Waals surface area (Å²) < 4.78 is 5.38. The van der Waals surface area contributed by atoms with Crippen LogP contribution in [-0.2, 0) is 0 Å². The quantitative estimate of drug-likeness (QED) is 0.844. The fourth-order valence-electron chi connectivity index (χ4n) is 3.71. The van der Waals surface area contributed by atoms with Crippen LogP contribution in [0.25, 0.3) is 10.9 Å². The second kappa shape index (κ2) is 8.02. The Balaban J connectivity index is 1.64. The third-order valence-electron chi connectivity index (χ3n) is 5.16. The number of hydrogen-bond donors (Lipinski definition) is 2. The molecule has 136 valence electrons. The third-order valence-corrected chi connectivity index (χ3v) is 5.16. The SMILES string of the molecule is COc1cc(NC[C@@H](O)CN2CC[C@H](C)C[C@H]2C)c2ncccc2c1. The zero-order chi connectivity index (χ0) is 17.8. The molecule has 1 aliphatic heterocycles. The first kappa shape index (κ1) is 18.0. The largest absolute Gasteiger partial charge is 0.497 e. The van der Waals surface area contributed by atoms with Crippen LogP contribution in [0.15, 0.2) is 30.5 Å². The minimum Gasteiger partial charge on any atom is -0.497 e. The fourth-order valence-corrected chi connectivity index (χ4v) is 3.71. The molecule has 3 rings (SSSR count). The number of pyridine rings is 1. The van der Waals surface area contributed by atoms with E-state index in [1.807, 2.05) is 24.3 Å². The Morgan fingerprint density at radius 1 is 1.40 bits per heavy atom. The van der Waals surface area contributed by atoms with Gasteiger partial charge >= 0.3 is 0 Å². The monoisotopic (exact) mass is 343 g/mol. The van der Waals surface area contributed by atoms with Crippen LogP contribution in [0.3, 0.4) is 0 Å². The number of anilines is 1. The first-order valence-corrected chi connectivity index (χ1v) is 9.15. The molecular formula is C20H29N3O2. The average molecular weight is 343 g/mol. The lowest BCUT2D eigenvalue weighted by Crippen LogP contribution is -2.45. The van der Waals surface area contributed by atoms with E-state index in [2.05, 4.69) is 29.0 Å². The zero-order valence-corrected chi connectivity index (χ0v) is 15.4. The molecule has 1 fully saturated rings. The van der Waals surface area contributed by atoms with Gasteiger partial charge in [0.2, 0.25) is 0 Å². The number of ether oxygens (including phenoxy) is 1. The first-order chi connectivity index (χ1) is 12.1. The lowest BCUT2D eigenvalue weighted by Gasteiger charge is -2.37. The molecule has 1 aliphatic rings. The van der Waals surface area contributed by atoms with Crippen LogP contribution < -0.4 is 10.1 Å². The molecule has 0 aliphatic carbocycles. The number of nitrogens with zero attached hydrogens (tertiary/aromatic N) is 2. The van der Waals surface area contributed by atoms with E-state index in [0.717, 1.165) is 34.8 Å². The smallest absolute Gasteiger partial charge is 0.121 e. The second-order valence-corrected chi connectivity index (χ2v) is 7.26. The Hall–Kier alpha value is -1.85. The highest BCUT2D eigenvalue weighted by atomic mass is 16.5. The van der Waals surface area contributed by atoms with E-state index in [0.29, 0.717) is 19.1 Å². The number of piperidine rings is 1. The Labute approximate surface area is 150 Å². The van der Waals surface area contributed by atoms with Crippen molar-refractivity contribution in [1.82, 2.24) is 9.88 Å². The Morgan fingerprint density at radius 2 is 2.24 bits per heavy atom. The molecule has 2 N–H and O–H groups in total. The second-order valence-electron chi connectivity index (χ2n) is 7.26. The predicted octanol–water partition coefficient (Wildman–Crippen LogP) is 3.14. The van der Waals surface area contributed by atoms with Crippen molar-refractivity contribution in [2.75, 3.05) is 32.1 Å². The Kier molecular flexibility index (Phi) is 5.76. The van der Waals surface area contributed by atoms with Gasteiger partial charge in [0.05, 0.1) is 24.4 Å². The molecule has 1 aromatic carbocycles. The molecule has 0 saturated carbocycles. The van der Waals surface area contributed by atoms with Crippen molar-refractivity contribution in [3.8, 4) is 5.75 Å². The topological polar surface area (TPSA) is 57.6 Å². The number of aromatic nitrogens is 1. The van der Waals surface area contributed by atoms with E-state index in [-0.39, 0.29) is 0 Å². The number of likely N-dealkylation sites (tertiary alicyclic amines) is 1. The van der Waals surface area contributed by atoms with Gasteiger partial charge in [-0.05, 0) is 44.4 Å². The fraction of sp³-hybridized carbons (Fsp3) is 0.550. The molecule has 0 spiro atoms. The van der Waals surface area contributed by atoms with Gasteiger partial charge in [0.25, 0.3) is 0 Å². The lowest BCUT2D eigenvalue weighted by atomic mass is 9.93. The number of aliphatic hydroxyl groups is 1. The summed E-state index contributed by atoms with van der Waals surface area (Å²) in [5.74, 6) is 1.58. The van der Waals surface area contributed by atoms with E-state index in [9.17, 15) is 5.11 Å². The number of fused-ring (bicyclic) bond motifs is 1. The van der Waals surface area contributed by atoms with E-state index < -0.39 is 6.10 Å². The van der Waals surface area contributed by atoms with E-state index in [4.69, 9.17) is 4.74 Å². The van der Waals surface area contributed by atoms with Crippen molar-refractivity contribution in [1.29, 1.82) is 0 Å². The molecule has 1 saturated heterocycles. The highest BCUT2D eigenvalue weighted by molar-refractivity contribution is 5.91. The molecule has 0 unspecified atom stereocenters. The summed E-state index contributed by atoms with van der Waals surface area (Å²) in [6, 6.07) is 8.38. The molecule has 5 heteroatoms. The molecule has 2 aromatic rings. The first-order valence-electron chi connectivity index (χ1n) is 9.15. The van der Waals surface area contributed by atoms with Crippen LogP contribution in [0.4, 0.5) is 5.69 Å². The molecule has 0 amide bonds. The minimum atomic E-state index is -0.416. The van der Waals surface area contributed by atoms with Crippen LogP contribution in [0.5, 0.6) is 5.75 Å². The summed E-state index contributed by atoms with van der Waals surface area (Å²) in [6.45, 7) is 6.85. The maximum atomic E-state index is 10.5. The summed E-state index contributed by atoms with van der Waals surface area (Å²) >= 11 is 0. The van der Waals surface area contributed by atoms with E-state index in [1.54, 1.807) is 13.3 Å². The molecule has 0 bridgehead atoms. The van der Waals surface area contributed by atoms with Gasteiger partial charge in [0.1, 0.15) is 5.75 Å². The summed E-state index contributed by atoms with van der Waals surface area (Å²) in [6.07, 6.45) is 3.80. The number of nitrogens with one attached hydrogen (secondary N) is 1. The summed E-state index contributed by atoms with van der Waals surface area (Å²) in [7, 11) is 1.66. The summed E-state index contributed by atoms with van der Waals surface area (Å²) in [5, 5.41) is 14.9. The number of benzene rings is 1. The van der Waals surface area contributed by atoms with Crippen molar-refractivity contribution >= 4 is 16.6 Å². The van der Waals surface area contributed by atoms with Gasteiger partial charge in [-0.3, -0.25) is 9.88 Å². The van der Waals surface area contributed by atoms with Crippen LogP contribution in [0.1, 0.15) is 26.7 Å². The zero-order valence-electron chi connectivity index (χ0n) is 15.4. The maximum absolute atomic E-state index is 10.5. The lowest BCUT2D eigenvalue weighted by molar-refractivity contribution is 0.0661. The number of aliphatic hydroxyl groups excluding tert-OH is 1. The van der Waals surface area contributed by atoms with Gasteiger partial charge in [0.15, 0.2) is 0 Å². The number of methoxy groups -OCH3 is 1. The highest BCUT2D eigenvalue weighted by Crippen LogP contribution is 2.28. The third kappa shape index (κ3) is 4.41. The van der Waals surface area contributed by atoms with Crippen molar-refractivity contribution in [2.45, 2.75) is 38.8 Å². The van der Waals surface area contributed by atoms with Crippen molar-refractivity contribution in [3.63, 3.8) is 0 Å². The van der Waals surface area contributed by atoms with Gasteiger partial charge in [0, 0.05) is 36.8 Å². The van der Waals surface area contributed by atoms with Crippen LogP contribution in [-0.4, -0.2) is 53.9 Å². The number of hydrogen-bond acceptors (Lipinski definition) is 5. The molecule has 3 atom stereocenters. The minimum absolute atomic E-state index is 0.416. The molecule has 5 nitrogen and oxygen atoms in total. The number of β-amino-alcohol motifs (C(OH)–C–C–N with tert-alkyl or cyclic N) is 1. The Bertz CT molecular complexity index is 706. The maximum Gasteiger partial charge on any atom is 0.121 e. The van der Waals surface area contributed by atoms with Gasteiger partial charge in [-0.1, -0.05) is 13.0 Å². The standard InChI is InChI=1S/C20H29N3O2/c1-14-6-8-23(15(2)9-14)13-17(24)12-22-19-11-18(25-3)10-16-5-4-7-21-20(16)19/h4-5,7,10-11,14-15,17,22,24H,6,8-9,12-13H2,1-3H3/t14-,15+,17+/m0/s1.